The lowest BCUT2D eigenvalue weighted by atomic mass is 9.86. The van der Waals surface area contributed by atoms with Crippen LogP contribution in [0, 0.1) is 6.92 Å². The fourth-order valence-corrected chi connectivity index (χ4v) is 6.52. The first-order valence-corrected chi connectivity index (χ1v) is 11.5. The molecule has 148 valence electrons. The molecule has 5 nitrogen and oxygen atoms in total. The van der Waals surface area contributed by atoms with Crippen LogP contribution in [-0.2, 0) is 20.6 Å². The molecular formula is C22H26N2O3S. The third-order valence-corrected chi connectivity index (χ3v) is 7.82. The quantitative estimate of drug-likeness (QED) is 0.792. The predicted octanol–water partition coefficient (Wildman–Crippen LogP) is 3.49. The van der Waals surface area contributed by atoms with Gasteiger partial charge in [-0.3, -0.25) is 4.79 Å². The van der Waals surface area contributed by atoms with E-state index in [9.17, 15) is 13.2 Å². The van der Waals surface area contributed by atoms with Gasteiger partial charge in [-0.05, 0) is 50.3 Å². The summed E-state index contributed by atoms with van der Waals surface area (Å²) in [5, 5.41) is 0. The molecule has 2 aliphatic heterocycles. The third-order valence-electron chi connectivity index (χ3n) is 5.92. The van der Waals surface area contributed by atoms with Crippen LogP contribution in [0.4, 0.5) is 5.69 Å². The number of benzene rings is 2. The van der Waals surface area contributed by atoms with Gasteiger partial charge in [-0.25, -0.2) is 8.42 Å². The van der Waals surface area contributed by atoms with Crippen molar-refractivity contribution in [2.45, 2.75) is 43.9 Å². The van der Waals surface area contributed by atoms with Crippen molar-refractivity contribution in [1.82, 2.24) is 4.31 Å². The number of anilines is 1. The van der Waals surface area contributed by atoms with E-state index < -0.39 is 15.6 Å². The average molecular weight is 399 g/mol. The van der Waals surface area contributed by atoms with E-state index in [4.69, 9.17) is 0 Å². The van der Waals surface area contributed by atoms with Crippen molar-refractivity contribution in [2.24, 2.45) is 0 Å². The zero-order valence-electron chi connectivity index (χ0n) is 16.2. The fourth-order valence-electron chi connectivity index (χ4n) is 4.55. The first-order valence-electron chi connectivity index (χ1n) is 9.85. The fraction of sp³-hybridized carbons (Fsp3) is 0.409. The van der Waals surface area contributed by atoms with Crippen LogP contribution in [0.2, 0.25) is 0 Å². The standard InChI is InChI=1S/C22H26N2O3S/c1-18-9-11-20(12-10-18)23-15-5-13-22(21(23)25)14-6-16-24(22)28(26,27)17-19-7-3-2-4-8-19/h2-4,7-12H,5-6,13-17H2,1H3. The van der Waals surface area contributed by atoms with Crippen LogP contribution in [0.25, 0.3) is 0 Å². The zero-order chi connectivity index (χ0) is 19.8. The van der Waals surface area contributed by atoms with Crippen molar-refractivity contribution in [3.63, 3.8) is 0 Å². The van der Waals surface area contributed by atoms with Gasteiger partial charge in [0.25, 0.3) is 0 Å². The Morgan fingerprint density at radius 1 is 0.929 bits per heavy atom. The Bertz CT molecular complexity index is 957. The molecular weight excluding hydrogens is 372 g/mol. The third kappa shape index (κ3) is 3.35. The van der Waals surface area contributed by atoms with Crippen molar-refractivity contribution in [3.8, 4) is 0 Å². The number of piperidine rings is 1. The van der Waals surface area contributed by atoms with Crippen LogP contribution < -0.4 is 4.90 Å². The van der Waals surface area contributed by atoms with E-state index in [-0.39, 0.29) is 11.7 Å². The Morgan fingerprint density at radius 2 is 1.57 bits per heavy atom. The first-order chi connectivity index (χ1) is 13.4. The lowest BCUT2D eigenvalue weighted by molar-refractivity contribution is -0.128. The number of amides is 1. The summed E-state index contributed by atoms with van der Waals surface area (Å²) in [6, 6.07) is 17.1. The second-order valence-corrected chi connectivity index (χ2v) is 9.74. The second-order valence-electron chi connectivity index (χ2n) is 7.84. The Kier molecular flexibility index (Phi) is 5.02. The number of carbonyl (C=O) groups is 1. The molecule has 0 bridgehead atoms. The van der Waals surface area contributed by atoms with Gasteiger partial charge in [0, 0.05) is 18.8 Å². The van der Waals surface area contributed by atoms with Crippen molar-refractivity contribution in [1.29, 1.82) is 0 Å². The Labute approximate surface area is 167 Å². The molecule has 2 aliphatic rings. The summed E-state index contributed by atoms with van der Waals surface area (Å²) in [6.07, 6.45) is 2.73. The van der Waals surface area contributed by atoms with Gasteiger partial charge >= 0.3 is 0 Å². The second kappa shape index (κ2) is 7.33. The van der Waals surface area contributed by atoms with Gasteiger partial charge in [0.15, 0.2) is 0 Å². The SMILES string of the molecule is Cc1ccc(N2CCCC3(CCCN3S(=O)(=O)Cc3ccccc3)C2=O)cc1. The molecule has 0 saturated carbocycles. The Morgan fingerprint density at radius 3 is 2.25 bits per heavy atom. The molecule has 6 heteroatoms. The van der Waals surface area contributed by atoms with Crippen molar-refractivity contribution < 1.29 is 13.2 Å². The number of nitrogens with zero attached hydrogens (tertiary/aromatic N) is 2. The highest BCUT2D eigenvalue weighted by Gasteiger charge is 2.55. The largest absolute Gasteiger partial charge is 0.311 e. The number of rotatable bonds is 4. The first kappa shape index (κ1) is 19.2. The molecule has 2 aromatic rings. The summed E-state index contributed by atoms with van der Waals surface area (Å²) in [5.41, 5.74) is 1.80. The van der Waals surface area contributed by atoms with Crippen molar-refractivity contribution >= 4 is 21.6 Å². The van der Waals surface area contributed by atoms with Crippen LogP contribution in [-0.4, -0.2) is 37.3 Å². The Balaban J connectivity index is 1.65. The number of hydrogen-bond acceptors (Lipinski definition) is 3. The number of carbonyl (C=O) groups excluding carboxylic acids is 1. The van der Waals surface area contributed by atoms with E-state index in [1.54, 1.807) is 4.90 Å². The molecule has 0 N–H and O–H groups in total. The molecule has 0 aliphatic carbocycles. The molecule has 4 rings (SSSR count). The summed E-state index contributed by atoms with van der Waals surface area (Å²) in [6.45, 7) is 3.07. The topological polar surface area (TPSA) is 57.7 Å². The summed E-state index contributed by atoms with van der Waals surface area (Å²) >= 11 is 0. The molecule has 2 heterocycles. The summed E-state index contributed by atoms with van der Waals surface area (Å²) in [7, 11) is -3.58. The molecule has 1 atom stereocenters. The van der Waals surface area contributed by atoms with E-state index >= 15 is 0 Å². The average Bonchev–Trinajstić information content (AvgIpc) is 3.11. The zero-order valence-corrected chi connectivity index (χ0v) is 17.0. The molecule has 0 radical (unpaired) electrons. The predicted molar refractivity (Wildman–Crippen MR) is 111 cm³/mol. The van der Waals surface area contributed by atoms with Crippen molar-refractivity contribution in [3.05, 3.63) is 65.7 Å². The van der Waals surface area contributed by atoms with Gasteiger partial charge in [0.1, 0.15) is 5.54 Å². The summed E-state index contributed by atoms with van der Waals surface area (Å²) < 4.78 is 28.0. The van der Waals surface area contributed by atoms with E-state index in [0.29, 0.717) is 25.9 Å². The summed E-state index contributed by atoms with van der Waals surface area (Å²) in [4.78, 5) is 15.3. The minimum atomic E-state index is -3.58. The number of sulfonamides is 1. The normalized spacial score (nSPS) is 23.5. The number of aryl methyl sites for hydroxylation is 1. The van der Waals surface area contributed by atoms with Gasteiger partial charge in [-0.15, -0.1) is 0 Å². The summed E-state index contributed by atoms with van der Waals surface area (Å²) in [5.74, 6) is -0.135. The van der Waals surface area contributed by atoms with Gasteiger partial charge in [-0.1, -0.05) is 48.0 Å². The van der Waals surface area contributed by atoms with Crippen molar-refractivity contribution in [2.75, 3.05) is 18.0 Å². The maximum Gasteiger partial charge on any atom is 0.248 e. The maximum atomic E-state index is 13.6. The minimum Gasteiger partial charge on any atom is -0.311 e. The van der Waals surface area contributed by atoms with Crippen LogP contribution in [0.3, 0.4) is 0 Å². The monoisotopic (exact) mass is 398 g/mol. The Hall–Kier alpha value is -2.18. The molecule has 0 aromatic heterocycles. The van der Waals surface area contributed by atoms with E-state index in [2.05, 4.69) is 0 Å². The van der Waals surface area contributed by atoms with Gasteiger partial charge in [-0.2, -0.15) is 4.31 Å². The highest BCUT2D eigenvalue weighted by Crippen LogP contribution is 2.41. The van der Waals surface area contributed by atoms with Crippen LogP contribution in [0.1, 0.15) is 36.8 Å². The lowest BCUT2D eigenvalue weighted by Crippen LogP contribution is -2.61. The van der Waals surface area contributed by atoms with Crippen LogP contribution in [0.15, 0.2) is 54.6 Å². The lowest BCUT2D eigenvalue weighted by Gasteiger charge is -2.43. The molecule has 1 spiro atoms. The molecule has 1 unspecified atom stereocenters. The maximum absolute atomic E-state index is 13.6. The molecule has 28 heavy (non-hydrogen) atoms. The highest BCUT2D eigenvalue weighted by atomic mass is 32.2. The molecule has 1 amide bonds. The highest BCUT2D eigenvalue weighted by molar-refractivity contribution is 7.88. The van der Waals surface area contributed by atoms with E-state index in [0.717, 1.165) is 29.7 Å². The smallest absolute Gasteiger partial charge is 0.248 e. The molecule has 2 aromatic carbocycles. The minimum absolute atomic E-state index is 0.0621. The molecule has 2 fully saturated rings. The van der Waals surface area contributed by atoms with Gasteiger partial charge in [0.05, 0.1) is 5.75 Å². The van der Waals surface area contributed by atoms with E-state index in [1.807, 2.05) is 61.5 Å². The van der Waals surface area contributed by atoms with E-state index in [1.165, 1.54) is 4.31 Å². The van der Waals surface area contributed by atoms with Gasteiger partial charge < -0.3 is 4.90 Å². The molecule has 2 saturated heterocycles. The van der Waals surface area contributed by atoms with Crippen LogP contribution in [0.5, 0.6) is 0 Å². The van der Waals surface area contributed by atoms with Gasteiger partial charge in [0.2, 0.25) is 15.9 Å². The van der Waals surface area contributed by atoms with Crippen LogP contribution >= 0.6 is 0 Å². The number of hydrogen-bond donors (Lipinski definition) is 0.